The smallest absolute Gasteiger partial charge is 0.200 e. The van der Waals surface area contributed by atoms with Crippen molar-refractivity contribution in [2.75, 3.05) is 21.3 Å². The zero-order valence-corrected chi connectivity index (χ0v) is 9.60. The van der Waals surface area contributed by atoms with E-state index in [0.29, 0.717) is 11.5 Å². The van der Waals surface area contributed by atoms with Gasteiger partial charge in [-0.3, -0.25) is 4.99 Å². The van der Waals surface area contributed by atoms with E-state index in [2.05, 4.69) is 4.99 Å². The van der Waals surface area contributed by atoms with Crippen molar-refractivity contribution in [2.24, 2.45) is 4.99 Å². The first-order chi connectivity index (χ1) is 7.72. The van der Waals surface area contributed by atoms with E-state index in [1.807, 2.05) is 6.08 Å². The van der Waals surface area contributed by atoms with Gasteiger partial charge in [0, 0.05) is 13.3 Å². The standard InChI is InChI=1S/C12H15NO3/c1-13-6-4-5-9-7-10(15-2)12(14)11(8-9)16-3/h4-8,14H,1-3H3/b5-4+,13-6+. The quantitative estimate of drug-likeness (QED) is 0.792. The van der Waals surface area contributed by atoms with Crippen LogP contribution in [0.5, 0.6) is 17.2 Å². The van der Waals surface area contributed by atoms with Crippen LogP contribution in [0.25, 0.3) is 6.08 Å². The van der Waals surface area contributed by atoms with Crippen LogP contribution >= 0.6 is 0 Å². The predicted octanol–water partition coefficient (Wildman–Crippen LogP) is 2.12. The zero-order valence-electron chi connectivity index (χ0n) is 9.60. The van der Waals surface area contributed by atoms with Crippen LogP contribution in [-0.2, 0) is 0 Å². The summed E-state index contributed by atoms with van der Waals surface area (Å²) in [5, 5.41) is 9.68. The minimum atomic E-state index is 0.00584. The molecule has 0 aliphatic heterocycles. The lowest BCUT2D eigenvalue weighted by Crippen LogP contribution is -1.90. The molecule has 1 aromatic rings. The summed E-state index contributed by atoms with van der Waals surface area (Å²) in [6.45, 7) is 0. The summed E-state index contributed by atoms with van der Waals surface area (Å²) in [5.41, 5.74) is 0.867. The van der Waals surface area contributed by atoms with Crippen molar-refractivity contribution < 1.29 is 14.6 Å². The Morgan fingerprint density at radius 1 is 1.19 bits per heavy atom. The number of benzene rings is 1. The third-order valence-corrected chi connectivity index (χ3v) is 2.03. The third-order valence-electron chi connectivity index (χ3n) is 2.03. The molecule has 86 valence electrons. The van der Waals surface area contributed by atoms with Crippen LogP contribution in [0.4, 0.5) is 0 Å². The van der Waals surface area contributed by atoms with Crippen molar-refractivity contribution in [2.45, 2.75) is 0 Å². The molecule has 0 aliphatic rings. The van der Waals surface area contributed by atoms with E-state index in [-0.39, 0.29) is 5.75 Å². The molecule has 0 fully saturated rings. The van der Waals surface area contributed by atoms with Crippen LogP contribution in [0.3, 0.4) is 0 Å². The summed E-state index contributed by atoms with van der Waals surface area (Å²) >= 11 is 0. The van der Waals surface area contributed by atoms with Gasteiger partial charge in [-0.05, 0) is 23.8 Å². The summed E-state index contributed by atoms with van der Waals surface area (Å²) in [7, 11) is 4.69. The third kappa shape index (κ3) is 2.76. The van der Waals surface area contributed by atoms with Gasteiger partial charge in [-0.2, -0.15) is 0 Å². The monoisotopic (exact) mass is 221 g/mol. The number of aliphatic imine (C=N–C) groups is 1. The second-order valence-electron chi connectivity index (χ2n) is 3.04. The lowest BCUT2D eigenvalue weighted by molar-refractivity contribution is 0.340. The molecule has 1 rings (SSSR count). The Bertz CT molecular complexity index is 386. The first kappa shape index (κ1) is 12.1. The van der Waals surface area contributed by atoms with E-state index < -0.39 is 0 Å². The molecule has 0 heterocycles. The van der Waals surface area contributed by atoms with E-state index in [1.54, 1.807) is 31.5 Å². The van der Waals surface area contributed by atoms with Gasteiger partial charge >= 0.3 is 0 Å². The minimum absolute atomic E-state index is 0.00584. The van der Waals surface area contributed by atoms with Crippen LogP contribution in [0.15, 0.2) is 23.2 Å². The first-order valence-electron chi connectivity index (χ1n) is 4.76. The van der Waals surface area contributed by atoms with Crippen molar-refractivity contribution in [1.29, 1.82) is 0 Å². The normalized spacial score (nSPS) is 11.2. The van der Waals surface area contributed by atoms with Crippen molar-refractivity contribution in [3.63, 3.8) is 0 Å². The topological polar surface area (TPSA) is 51.0 Å². The van der Waals surface area contributed by atoms with E-state index >= 15 is 0 Å². The molecule has 0 unspecified atom stereocenters. The van der Waals surface area contributed by atoms with Gasteiger partial charge in [-0.1, -0.05) is 6.08 Å². The molecule has 4 heteroatoms. The van der Waals surface area contributed by atoms with Gasteiger partial charge in [0.25, 0.3) is 0 Å². The molecule has 16 heavy (non-hydrogen) atoms. The number of rotatable bonds is 4. The lowest BCUT2D eigenvalue weighted by atomic mass is 10.1. The summed E-state index contributed by atoms with van der Waals surface area (Å²) < 4.78 is 10.1. The van der Waals surface area contributed by atoms with Crippen molar-refractivity contribution in [3.05, 3.63) is 23.8 Å². The average Bonchev–Trinajstić information content (AvgIpc) is 2.31. The Labute approximate surface area is 94.8 Å². The molecule has 0 saturated carbocycles. The van der Waals surface area contributed by atoms with E-state index in [0.717, 1.165) is 5.56 Å². The number of ether oxygens (including phenoxy) is 2. The van der Waals surface area contributed by atoms with Gasteiger partial charge in [-0.25, -0.2) is 0 Å². The van der Waals surface area contributed by atoms with E-state index in [4.69, 9.17) is 9.47 Å². The van der Waals surface area contributed by atoms with Crippen molar-refractivity contribution in [3.8, 4) is 17.2 Å². The molecule has 0 bridgehead atoms. The highest BCUT2D eigenvalue weighted by atomic mass is 16.5. The maximum absolute atomic E-state index is 9.68. The van der Waals surface area contributed by atoms with Crippen LogP contribution in [0.2, 0.25) is 0 Å². The fraction of sp³-hybridized carbons (Fsp3) is 0.250. The van der Waals surface area contributed by atoms with Crippen LogP contribution in [0, 0.1) is 0 Å². The summed E-state index contributed by atoms with van der Waals surface area (Å²) in [6, 6.07) is 3.44. The number of hydrogen-bond donors (Lipinski definition) is 1. The number of nitrogens with zero attached hydrogens (tertiary/aromatic N) is 1. The van der Waals surface area contributed by atoms with Crippen LogP contribution in [0.1, 0.15) is 5.56 Å². The molecule has 0 aromatic heterocycles. The fourth-order valence-electron chi connectivity index (χ4n) is 1.25. The number of phenols is 1. The Hall–Kier alpha value is -1.97. The van der Waals surface area contributed by atoms with Crippen LogP contribution in [-0.4, -0.2) is 32.6 Å². The molecule has 0 spiro atoms. The van der Waals surface area contributed by atoms with Gasteiger partial charge in [-0.15, -0.1) is 0 Å². The number of allylic oxidation sites excluding steroid dienone is 1. The number of methoxy groups -OCH3 is 2. The molecule has 0 saturated heterocycles. The van der Waals surface area contributed by atoms with Gasteiger partial charge in [0.05, 0.1) is 14.2 Å². The van der Waals surface area contributed by atoms with Gasteiger partial charge in [0.15, 0.2) is 11.5 Å². The van der Waals surface area contributed by atoms with Gasteiger partial charge in [0.2, 0.25) is 5.75 Å². The molecule has 0 atom stereocenters. The Morgan fingerprint density at radius 3 is 2.19 bits per heavy atom. The van der Waals surface area contributed by atoms with E-state index in [9.17, 15) is 5.11 Å². The number of hydrogen-bond acceptors (Lipinski definition) is 4. The van der Waals surface area contributed by atoms with Crippen molar-refractivity contribution >= 4 is 12.3 Å². The zero-order chi connectivity index (χ0) is 12.0. The predicted molar refractivity (Wildman–Crippen MR) is 64.7 cm³/mol. The maximum Gasteiger partial charge on any atom is 0.200 e. The fourth-order valence-corrected chi connectivity index (χ4v) is 1.25. The molecule has 0 radical (unpaired) electrons. The highest BCUT2D eigenvalue weighted by Crippen LogP contribution is 2.37. The van der Waals surface area contributed by atoms with Crippen LogP contribution < -0.4 is 9.47 Å². The summed E-state index contributed by atoms with van der Waals surface area (Å²) in [6.07, 6.45) is 5.31. The largest absolute Gasteiger partial charge is 0.502 e. The Kier molecular flexibility index (Phi) is 4.39. The maximum atomic E-state index is 9.68. The summed E-state index contributed by atoms with van der Waals surface area (Å²) in [5.74, 6) is 0.770. The molecular formula is C12H15NO3. The number of aromatic hydroxyl groups is 1. The molecule has 1 aromatic carbocycles. The lowest BCUT2D eigenvalue weighted by Gasteiger charge is -2.09. The Balaban J connectivity index is 3.11. The SMILES string of the molecule is C/N=C/C=C/c1cc(OC)c(O)c(OC)c1. The van der Waals surface area contributed by atoms with Gasteiger partial charge in [0.1, 0.15) is 0 Å². The molecule has 0 aliphatic carbocycles. The molecule has 4 nitrogen and oxygen atoms in total. The van der Waals surface area contributed by atoms with E-state index in [1.165, 1.54) is 14.2 Å². The minimum Gasteiger partial charge on any atom is -0.502 e. The highest BCUT2D eigenvalue weighted by Gasteiger charge is 2.09. The second kappa shape index (κ2) is 5.80. The summed E-state index contributed by atoms with van der Waals surface area (Å²) in [4.78, 5) is 3.83. The van der Waals surface area contributed by atoms with Crippen molar-refractivity contribution in [1.82, 2.24) is 0 Å². The van der Waals surface area contributed by atoms with Gasteiger partial charge < -0.3 is 14.6 Å². The molecular weight excluding hydrogens is 206 g/mol. The molecule has 1 N–H and O–H groups in total. The average molecular weight is 221 g/mol. The first-order valence-corrected chi connectivity index (χ1v) is 4.76. The Morgan fingerprint density at radius 2 is 1.75 bits per heavy atom. The highest BCUT2D eigenvalue weighted by molar-refractivity contribution is 5.78. The number of phenolic OH excluding ortho intramolecular Hbond substituents is 1. The second-order valence-corrected chi connectivity index (χ2v) is 3.04. The molecule has 0 amide bonds.